The lowest BCUT2D eigenvalue weighted by Gasteiger charge is -2.34. The van der Waals surface area contributed by atoms with E-state index in [0.29, 0.717) is 29.8 Å². The number of carboxylic acids is 1. The number of nitrogens with zero attached hydrogens (tertiary/aromatic N) is 1. The Morgan fingerprint density at radius 3 is 2.52 bits per heavy atom. The van der Waals surface area contributed by atoms with E-state index in [4.69, 9.17) is 28.3 Å². The molecule has 0 spiro atoms. The Morgan fingerprint density at radius 2 is 1.90 bits per heavy atom. The Bertz CT molecular complexity index is 932. The average Bonchev–Trinajstić information content (AvgIpc) is 2.64. The second-order valence-electron chi connectivity index (χ2n) is 6.88. The molecule has 2 aromatic rings. The summed E-state index contributed by atoms with van der Waals surface area (Å²) >= 11 is 12.7. The quantitative estimate of drug-likeness (QED) is 0.676. The summed E-state index contributed by atoms with van der Waals surface area (Å²) < 4.78 is 27.1. The maximum Gasteiger partial charge on any atom is 0.322 e. The first kappa shape index (κ1) is 21.3. The summed E-state index contributed by atoms with van der Waals surface area (Å²) in [4.78, 5) is 24.7. The first-order valence-corrected chi connectivity index (χ1v) is 9.69. The zero-order chi connectivity index (χ0) is 21.1. The molecule has 0 aromatic heterocycles. The minimum absolute atomic E-state index is 0.0513. The normalized spacial score (nSPS) is 16.8. The van der Waals surface area contributed by atoms with Crippen molar-refractivity contribution in [2.45, 2.75) is 19.3 Å². The van der Waals surface area contributed by atoms with Crippen molar-refractivity contribution in [3.63, 3.8) is 0 Å². The third-order valence-corrected chi connectivity index (χ3v) is 5.34. The van der Waals surface area contributed by atoms with Crippen molar-refractivity contribution in [3.8, 4) is 0 Å². The fourth-order valence-corrected chi connectivity index (χ4v) is 4.09. The van der Waals surface area contributed by atoms with E-state index >= 15 is 0 Å². The van der Waals surface area contributed by atoms with Crippen molar-refractivity contribution in [2.24, 2.45) is 5.92 Å². The largest absolute Gasteiger partial charge is 0.480 e. The van der Waals surface area contributed by atoms with Gasteiger partial charge in [0.15, 0.2) is 0 Å². The monoisotopic (exact) mass is 442 g/mol. The van der Waals surface area contributed by atoms with Gasteiger partial charge in [-0.25, -0.2) is 8.78 Å². The summed E-state index contributed by atoms with van der Waals surface area (Å²) in [6.45, 7) is -0.0169. The summed E-state index contributed by atoms with van der Waals surface area (Å²) in [6.07, 6.45) is 1.17. The summed E-state index contributed by atoms with van der Waals surface area (Å²) in [6, 6.07) is 6.47. The number of piperidine rings is 1. The van der Waals surface area contributed by atoms with E-state index in [0.717, 1.165) is 6.07 Å². The van der Waals surface area contributed by atoms with Crippen molar-refractivity contribution in [3.05, 3.63) is 57.6 Å². The van der Waals surface area contributed by atoms with Crippen molar-refractivity contribution in [2.75, 3.05) is 23.3 Å². The number of amides is 1. The molecule has 0 bridgehead atoms. The number of hydrogen-bond donors (Lipinski definition) is 2. The van der Waals surface area contributed by atoms with E-state index in [2.05, 4.69) is 5.32 Å². The minimum Gasteiger partial charge on any atom is -0.480 e. The van der Waals surface area contributed by atoms with E-state index in [9.17, 15) is 18.4 Å². The highest BCUT2D eigenvalue weighted by molar-refractivity contribution is 6.40. The van der Waals surface area contributed by atoms with Gasteiger partial charge in [0.25, 0.3) is 0 Å². The van der Waals surface area contributed by atoms with Gasteiger partial charge in [0.05, 0.1) is 15.7 Å². The highest BCUT2D eigenvalue weighted by Crippen LogP contribution is 2.39. The van der Waals surface area contributed by atoms with E-state index in [1.807, 2.05) is 0 Å². The predicted octanol–water partition coefficient (Wildman–Crippen LogP) is 4.75. The molecule has 0 aliphatic carbocycles. The van der Waals surface area contributed by atoms with Gasteiger partial charge in [-0.05, 0) is 42.5 Å². The van der Waals surface area contributed by atoms with Crippen LogP contribution in [0.5, 0.6) is 0 Å². The van der Waals surface area contributed by atoms with Crippen LogP contribution in [0, 0.1) is 17.6 Å². The van der Waals surface area contributed by atoms with Crippen molar-refractivity contribution in [1.82, 2.24) is 0 Å². The molecule has 5 nitrogen and oxygen atoms in total. The first-order chi connectivity index (χ1) is 13.7. The molecule has 2 aromatic carbocycles. The highest BCUT2D eigenvalue weighted by atomic mass is 35.5. The van der Waals surface area contributed by atoms with Crippen molar-refractivity contribution >= 4 is 46.5 Å². The Balaban J connectivity index is 1.80. The average molecular weight is 443 g/mol. The standard InChI is InChI=1S/C20H18Cl2F2N2O3/c21-15-7-14(25-9-19(28)29)8-16(22)20(15)26-10-11(1-4-18(26)27)5-12-2-3-13(23)6-17(12)24/h2-3,6-8,11,25H,1,4-5,9-10H2,(H,28,29). The molecule has 0 radical (unpaired) electrons. The van der Waals surface area contributed by atoms with Gasteiger partial charge in [-0.3, -0.25) is 9.59 Å². The molecular formula is C20H18Cl2F2N2O3. The Morgan fingerprint density at radius 1 is 1.21 bits per heavy atom. The van der Waals surface area contributed by atoms with Gasteiger partial charge in [0.1, 0.15) is 18.2 Å². The minimum atomic E-state index is -1.04. The summed E-state index contributed by atoms with van der Waals surface area (Å²) in [5, 5.41) is 11.8. The molecule has 1 fully saturated rings. The number of nitrogens with one attached hydrogen (secondary N) is 1. The zero-order valence-corrected chi connectivity index (χ0v) is 16.7. The maximum absolute atomic E-state index is 14.0. The molecule has 1 aliphatic rings. The molecule has 29 heavy (non-hydrogen) atoms. The third-order valence-electron chi connectivity index (χ3n) is 4.76. The van der Waals surface area contributed by atoms with Crippen LogP contribution in [0.2, 0.25) is 10.0 Å². The molecule has 1 amide bonds. The Hall–Kier alpha value is -2.38. The molecule has 1 aliphatic heterocycles. The van der Waals surface area contributed by atoms with Crippen molar-refractivity contribution < 1.29 is 23.5 Å². The fourth-order valence-electron chi connectivity index (χ4n) is 3.40. The maximum atomic E-state index is 14.0. The van der Waals surface area contributed by atoms with Crippen molar-refractivity contribution in [1.29, 1.82) is 0 Å². The summed E-state index contributed by atoms with van der Waals surface area (Å²) in [7, 11) is 0. The smallest absolute Gasteiger partial charge is 0.322 e. The predicted molar refractivity (Wildman–Crippen MR) is 108 cm³/mol. The first-order valence-electron chi connectivity index (χ1n) is 8.93. The summed E-state index contributed by atoms with van der Waals surface area (Å²) in [5.41, 5.74) is 1.14. The topological polar surface area (TPSA) is 69.6 Å². The van der Waals surface area contributed by atoms with Gasteiger partial charge in [-0.1, -0.05) is 29.3 Å². The molecule has 3 rings (SSSR count). The number of rotatable bonds is 6. The molecule has 1 saturated heterocycles. The van der Waals surface area contributed by atoms with Crippen LogP contribution in [-0.4, -0.2) is 30.1 Å². The van der Waals surface area contributed by atoms with Crippen LogP contribution in [0.25, 0.3) is 0 Å². The number of carbonyl (C=O) groups excluding carboxylic acids is 1. The Kier molecular flexibility index (Phi) is 6.59. The van der Waals surface area contributed by atoms with Gasteiger partial charge >= 0.3 is 5.97 Å². The number of halogens is 4. The van der Waals surface area contributed by atoms with Crippen LogP contribution in [0.15, 0.2) is 30.3 Å². The third kappa shape index (κ3) is 5.16. The van der Waals surface area contributed by atoms with Gasteiger partial charge in [0, 0.05) is 24.7 Å². The highest BCUT2D eigenvalue weighted by Gasteiger charge is 2.30. The summed E-state index contributed by atoms with van der Waals surface area (Å²) in [5.74, 6) is -2.50. The molecule has 0 saturated carbocycles. The van der Waals surface area contributed by atoms with Crippen LogP contribution in [0.1, 0.15) is 18.4 Å². The molecule has 2 N–H and O–H groups in total. The molecule has 1 heterocycles. The number of carboxylic acid groups (broad SMARTS) is 1. The van der Waals surface area contributed by atoms with Gasteiger partial charge in [-0.15, -0.1) is 0 Å². The van der Waals surface area contributed by atoms with Crippen LogP contribution >= 0.6 is 23.2 Å². The lowest BCUT2D eigenvalue weighted by molar-refractivity contribution is -0.135. The van der Waals surface area contributed by atoms with Crippen LogP contribution in [-0.2, 0) is 16.0 Å². The molecule has 154 valence electrons. The molecule has 9 heteroatoms. The van der Waals surface area contributed by atoms with Gasteiger partial charge < -0.3 is 15.3 Å². The van der Waals surface area contributed by atoms with E-state index in [1.165, 1.54) is 29.2 Å². The second-order valence-corrected chi connectivity index (χ2v) is 7.70. The number of carbonyl (C=O) groups is 2. The number of anilines is 2. The fraction of sp³-hybridized carbons (Fsp3) is 0.300. The van der Waals surface area contributed by atoms with Gasteiger partial charge in [-0.2, -0.15) is 0 Å². The van der Waals surface area contributed by atoms with Crippen LogP contribution in [0.3, 0.4) is 0 Å². The SMILES string of the molecule is O=C(O)CNc1cc(Cl)c(N2CC(Cc3ccc(F)cc3F)CCC2=O)c(Cl)c1. The Labute approximate surface area is 176 Å². The molecule has 1 atom stereocenters. The molecular weight excluding hydrogens is 425 g/mol. The second kappa shape index (κ2) is 8.97. The van der Waals surface area contributed by atoms with Crippen LogP contribution in [0.4, 0.5) is 20.2 Å². The number of hydrogen-bond acceptors (Lipinski definition) is 3. The van der Waals surface area contributed by atoms with E-state index in [-0.39, 0.29) is 41.4 Å². The van der Waals surface area contributed by atoms with Crippen LogP contribution < -0.4 is 10.2 Å². The lowest BCUT2D eigenvalue weighted by Crippen LogP contribution is -2.41. The molecule has 1 unspecified atom stereocenters. The van der Waals surface area contributed by atoms with E-state index < -0.39 is 17.6 Å². The zero-order valence-electron chi connectivity index (χ0n) is 15.2. The number of aliphatic carboxylic acids is 1. The van der Waals surface area contributed by atoms with E-state index in [1.54, 1.807) is 0 Å². The number of benzene rings is 2. The van der Waals surface area contributed by atoms with Gasteiger partial charge in [0.2, 0.25) is 5.91 Å². The lowest BCUT2D eigenvalue weighted by atomic mass is 9.90.